The van der Waals surface area contributed by atoms with Crippen LogP contribution in [0.4, 0.5) is 10.1 Å². The van der Waals surface area contributed by atoms with Crippen LogP contribution >= 0.6 is 15.9 Å². The quantitative estimate of drug-likeness (QED) is 0.848. The maximum atomic E-state index is 13.4. The second kappa shape index (κ2) is 7.40. The highest BCUT2D eigenvalue weighted by Crippen LogP contribution is 2.26. The summed E-state index contributed by atoms with van der Waals surface area (Å²) in [6.07, 6.45) is 0.928. The van der Waals surface area contributed by atoms with E-state index in [1.165, 1.54) is 6.07 Å². The zero-order chi connectivity index (χ0) is 16.1. The van der Waals surface area contributed by atoms with Crippen LogP contribution in [-0.2, 0) is 11.2 Å². The molecule has 2 aromatic rings. The number of halogens is 2. The van der Waals surface area contributed by atoms with E-state index >= 15 is 0 Å². The number of hydrogen-bond donors (Lipinski definition) is 1. The van der Waals surface area contributed by atoms with Gasteiger partial charge in [0.1, 0.15) is 11.6 Å². The Kier molecular flexibility index (Phi) is 5.55. The lowest BCUT2D eigenvalue weighted by atomic mass is 10.1. The molecule has 0 fully saturated rings. The van der Waals surface area contributed by atoms with E-state index in [4.69, 9.17) is 4.74 Å². The first kappa shape index (κ1) is 16.5. The highest BCUT2D eigenvalue weighted by molar-refractivity contribution is 9.10. The van der Waals surface area contributed by atoms with Crippen LogP contribution in [0.1, 0.15) is 17.5 Å². The van der Waals surface area contributed by atoms with Gasteiger partial charge in [0.25, 0.3) is 0 Å². The number of aryl methyl sites for hydroxylation is 2. The molecule has 0 radical (unpaired) electrons. The van der Waals surface area contributed by atoms with Crippen LogP contribution in [0.3, 0.4) is 0 Å². The smallest absolute Gasteiger partial charge is 0.224 e. The molecule has 0 atom stereocenters. The van der Waals surface area contributed by atoms with Crippen molar-refractivity contribution < 1.29 is 13.9 Å². The molecular weight excluding hydrogens is 349 g/mol. The molecule has 2 aromatic carbocycles. The summed E-state index contributed by atoms with van der Waals surface area (Å²) in [4.78, 5) is 11.9. The van der Waals surface area contributed by atoms with Crippen molar-refractivity contribution in [3.8, 4) is 5.75 Å². The van der Waals surface area contributed by atoms with Gasteiger partial charge in [0, 0.05) is 12.1 Å². The third-order valence-electron chi connectivity index (χ3n) is 3.31. The summed E-state index contributed by atoms with van der Waals surface area (Å²) < 4.78 is 19.4. The summed E-state index contributed by atoms with van der Waals surface area (Å²) in [6.45, 7) is 1.68. The van der Waals surface area contributed by atoms with Crippen molar-refractivity contribution in [2.45, 2.75) is 19.8 Å². The van der Waals surface area contributed by atoms with Gasteiger partial charge < -0.3 is 10.1 Å². The first-order valence-corrected chi connectivity index (χ1v) is 7.67. The molecule has 0 aliphatic rings. The van der Waals surface area contributed by atoms with Gasteiger partial charge in [0.15, 0.2) is 0 Å². The molecule has 0 bridgehead atoms. The van der Waals surface area contributed by atoms with Crippen molar-refractivity contribution in [3.05, 3.63) is 57.8 Å². The molecule has 116 valence electrons. The fourth-order valence-corrected chi connectivity index (χ4v) is 2.61. The van der Waals surface area contributed by atoms with Gasteiger partial charge in [-0.25, -0.2) is 4.39 Å². The molecule has 1 amide bonds. The second-order valence-electron chi connectivity index (χ2n) is 4.98. The van der Waals surface area contributed by atoms with Crippen molar-refractivity contribution in [1.29, 1.82) is 0 Å². The van der Waals surface area contributed by atoms with Gasteiger partial charge in [-0.05, 0) is 64.7 Å². The molecule has 2 rings (SSSR count). The molecule has 0 unspecified atom stereocenters. The van der Waals surface area contributed by atoms with Crippen LogP contribution < -0.4 is 10.1 Å². The highest BCUT2D eigenvalue weighted by Gasteiger charge is 2.07. The molecule has 3 nitrogen and oxygen atoms in total. The van der Waals surface area contributed by atoms with Crippen molar-refractivity contribution in [3.63, 3.8) is 0 Å². The standard InChI is InChI=1S/C17H17BrFNO2/c1-11-3-6-13(10-15(11)19)20-17(21)8-5-12-4-7-16(22-2)14(18)9-12/h3-4,6-7,9-10H,5,8H2,1-2H3,(H,20,21). The second-order valence-corrected chi connectivity index (χ2v) is 5.84. The van der Waals surface area contributed by atoms with Crippen LogP contribution in [0.15, 0.2) is 40.9 Å². The van der Waals surface area contributed by atoms with Gasteiger partial charge in [-0.15, -0.1) is 0 Å². The average molecular weight is 366 g/mol. The molecule has 0 aromatic heterocycles. The fourth-order valence-electron chi connectivity index (χ4n) is 2.02. The summed E-state index contributed by atoms with van der Waals surface area (Å²) in [6, 6.07) is 10.4. The van der Waals surface area contributed by atoms with Crippen LogP contribution in [0.2, 0.25) is 0 Å². The first-order valence-electron chi connectivity index (χ1n) is 6.88. The Labute approximate surface area is 137 Å². The monoisotopic (exact) mass is 365 g/mol. The Morgan fingerprint density at radius 3 is 2.68 bits per heavy atom. The van der Waals surface area contributed by atoms with E-state index in [2.05, 4.69) is 21.2 Å². The van der Waals surface area contributed by atoms with Crippen molar-refractivity contribution >= 4 is 27.5 Å². The van der Waals surface area contributed by atoms with Gasteiger partial charge in [0.05, 0.1) is 11.6 Å². The lowest BCUT2D eigenvalue weighted by molar-refractivity contribution is -0.116. The number of carbonyl (C=O) groups excluding carboxylic acids is 1. The topological polar surface area (TPSA) is 38.3 Å². The SMILES string of the molecule is COc1ccc(CCC(=O)Nc2ccc(C)c(F)c2)cc1Br. The van der Waals surface area contributed by atoms with Crippen molar-refractivity contribution in [1.82, 2.24) is 0 Å². The zero-order valence-electron chi connectivity index (χ0n) is 12.5. The third-order valence-corrected chi connectivity index (χ3v) is 3.93. The summed E-state index contributed by atoms with van der Waals surface area (Å²) in [7, 11) is 1.61. The Hall–Kier alpha value is -1.88. The predicted molar refractivity (Wildman–Crippen MR) is 88.8 cm³/mol. The Bertz CT molecular complexity index is 688. The highest BCUT2D eigenvalue weighted by atomic mass is 79.9. The molecule has 0 aliphatic carbocycles. The van der Waals surface area contributed by atoms with E-state index in [0.29, 0.717) is 24.1 Å². The van der Waals surface area contributed by atoms with E-state index in [-0.39, 0.29) is 11.7 Å². The first-order chi connectivity index (χ1) is 10.5. The van der Waals surface area contributed by atoms with Gasteiger partial charge in [-0.2, -0.15) is 0 Å². The Morgan fingerprint density at radius 2 is 2.05 bits per heavy atom. The van der Waals surface area contributed by atoms with E-state index < -0.39 is 0 Å². The Balaban J connectivity index is 1.92. The maximum absolute atomic E-state index is 13.4. The maximum Gasteiger partial charge on any atom is 0.224 e. The molecule has 0 heterocycles. The summed E-state index contributed by atoms with van der Waals surface area (Å²) in [5.41, 5.74) is 2.06. The van der Waals surface area contributed by atoms with Crippen LogP contribution in [0.25, 0.3) is 0 Å². The minimum Gasteiger partial charge on any atom is -0.496 e. The molecular formula is C17H17BrFNO2. The minimum absolute atomic E-state index is 0.143. The molecule has 0 saturated heterocycles. The number of nitrogens with one attached hydrogen (secondary N) is 1. The van der Waals surface area contributed by atoms with Crippen LogP contribution in [0.5, 0.6) is 5.75 Å². The lowest BCUT2D eigenvalue weighted by Crippen LogP contribution is -2.12. The number of anilines is 1. The number of ether oxygens (including phenoxy) is 1. The van der Waals surface area contributed by atoms with Gasteiger partial charge in [-0.1, -0.05) is 12.1 Å². The number of hydrogen-bond acceptors (Lipinski definition) is 2. The summed E-state index contributed by atoms with van der Waals surface area (Å²) in [5, 5.41) is 2.70. The third kappa shape index (κ3) is 4.31. The number of methoxy groups -OCH3 is 1. The van der Waals surface area contributed by atoms with E-state index in [0.717, 1.165) is 15.8 Å². The fraction of sp³-hybridized carbons (Fsp3) is 0.235. The van der Waals surface area contributed by atoms with Crippen LogP contribution in [0, 0.1) is 12.7 Å². The summed E-state index contributed by atoms with van der Waals surface area (Å²) >= 11 is 3.42. The average Bonchev–Trinajstić information content (AvgIpc) is 2.49. The zero-order valence-corrected chi connectivity index (χ0v) is 14.0. The molecule has 0 aliphatic heterocycles. The molecule has 0 spiro atoms. The van der Waals surface area contributed by atoms with E-state index in [1.807, 2.05) is 18.2 Å². The van der Waals surface area contributed by atoms with Gasteiger partial charge >= 0.3 is 0 Å². The molecule has 0 saturated carbocycles. The molecule has 22 heavy (non-hydrogen) atoms. The largest absolute Gasteiger partial charge is 0.496 e. The van der Waals surface area contributed by atoms with Crippen molar-refractivity contribution in [2.75, 3.05) is 12.4 Å². The van der Waals surface area contributed by atoms with Gasteiger partial charge in [0.2, 0.25) is 5.91 Å². The normalized spacial score (nSPS) is 10.4. The minimum atomic E-state index is -0.322. The number of amides is 1. The van der Waals surface area contributed by atoms with E-state index in [1.54, 1.807) is 26.2 Å². The molecule has 5 heteroatoms. The van der Waals surface area contributed by atoms with Gasteiger partial charge in [-0.3, -0.25) is 4.79 Å². The van der Waals surface area contributed by atoms with Crippen molar-refractivity contribution in [2.24, 2.45) is 0 Å². The number of carbonyl (C=O) groups is 1. The molecule has 1 N–H and O–H groups in total. The summed E-state index contributed by atoms with van der Waals surface area (Å²) in [5.74, 6) is 0.287. The lowest BCUT2D eigenvalue weighted by Gasteiger charge is -2.08. The number of benzene rings is 2. The predicted octanol–water partition coefficient (Wildman–Crippen LogP) is 4.48. The van der Waals surface area contributed by atoms with E-state index in [9.17, 15) is 9.18 Å². The Morgan fingerprint density at radius 1 is 1.27 bits per heavy atom. The van der Waals surface area contributed by atoms with Crippen LogP contribution in [-0.4, -0.2) is 13.0 Å². The number of rotatable bonds is 5.